The summed E-state index contributed by atoms with van der Waals surface area (Å²) in [5.41, 5.74) is 0.764. The molecule has 0 bridgehead atoms. The summed E-state index contributed by atoms with van der Waals surface area (Å²) in [6.45, 7) is 0. The van der Waals surface area contributed by atoms with E-state index in [-0.39, 0.29) is 0 Å². The lowest BCUT2D eigenvalue weighted by atomic mass is 9.79. The van der Waals surface area contributed by atoms with Gasteiger partial charge >= 0.3 is 0 Å². The Morgan fingerprint density at radius 2 is 1.29 bits per heavy atom. The van der Waals surface area contributed by atoms with Crippen LogP contribution in [0.5, 0.6) is 0 Å². The summed E-state index contributed by atoms with van der Waals surface area (Å²) in [4.78, 5) is 4.41. The second-order valence-corrected chi connectivity index (χ2v) is 7.50. The normalized spacial score (nSPS) is 18.7. The molecule has 0 saturated carbocycles. The van der Waals surface area contributed by atoms with Gasteiger partial charge in [-0.3, -0.25) is 4.98 Å². The minimum atomic E-state index is -3.49. The molecular formula is C23H17F4N. The SMILES string of the molecule is FC1(F)c2ccccc2C(F)(F)c2cc(-c3cc4c(cn3)CCCC4)ccc21. The monoisotopic (exact) mass is 383 g/mol. The van der Waals surface area contributed by atoms with Crippen molar-refractivity contribution in [2.24, 2.45) is 0 Å². The molecule has 142 valence electrons. The summed E-state index contributed by atoms with van der Waals surface area (Å²) >= 11 is 0. The van der Waals surface area contributed by atoms with Crippen molar-refractivity contribution in [2.75, 3.05) is 0 Å². The highest BCUT2D eigenvalue weighted by atomic mass is 19.3. The van der Waals surface area contributed by atoms with E-state index in [2.05, 4.69) is 4.98 Å². The molecule has 2 aliphatic rings. The Morgan fingerprint density at radius 1 is 0.679 bits per heavy atom. The van der Waals surface area contributed by atoms with Gasteiger partial charge in [0.1, 0.15) is 0 Å². The Labute approximate surface area is 160 Å². The number of hydrogen-bond donors (Lipinski definition) is 0. The van der Waals surface area contributed by atoms with Crippen molar-refractivity contribution in [3.63, 3.8) is 0 Å². The van der Waals surface area contributed by atoms with Crippen molar-refractivity contribution in [3.05, 3.63) is 88.1 Å². The number of alkyl halides is 4. The predicted octanol–water partition coefficient (Wildman–Crippen LogP) is 6.22. The number of hydrogen-bond acceptors (Lipinski definition) is 1. The number of halogens is 4. The first-order valence-corrected chi connectivity index (χ1v) is 9.38. The number of fused-ring (bicyclic) bond motifs is 3. The Morgan fingerprint density at radius 3 is 2.00 bits per heavy atom. The van der Waals surface area contributed by atoms with Crippen molar-refractivity contribution in [1.82, 2.24) is 4.98 Å². The van der Waals surface area contributed by atoms with Gasteiger partial charge in [-0.25, -0.2) is 0 Å². The molecule has 0 amide bonds. The molecule has 5 heteroatoms. The van der Waals surface area contributed by atoms with Crippen molar-refractivity contribution < 1.29 is 17.6 Å². The molecule has 2 aliphatic carbocycles. The zero-order chi connectivity index (χ0) is 19.5. The summed E-state index contributed by atoms with van der Waals surface area (Å²) in [6, 6.07) is 10.5. The number of aryl methyl sites for hydroxylation is 2. The largest absolute Gasteiger partial charge is 0.299 e. The fraction of sp³-hybridized carbons (Fsp3) is 0.261. The van der Waals surface area contributed by atoms with E-state index in [0.717, 1.165) is 49.4 Å². The Hall–Kier alpha value is -2.69. The van der Waals surface area contributed by atoms with E-state index < -0.39 is 34.1 Å². The summed E-state index contributed by atoms with van der Waals surface area (Å²) in [5, 5.41) is 0. The fourth-order valence-electron chi connectivity index (χ4n) is 4.33. The first kappa shape index (κ1) is 17.4. The van der Waals surface area contributed by atoms with Crippen LogP contribution in [0.25, 0.3) is 11.3 Å². The van der Waals surface area contributed by atoms with Crippen LogP contribution in [0.15, 0.2) is 54.7 Å². The van der Waals surface area contributed by atoms with E-state index in [4.69, 9.17) is 0 Å². The number of nitrogens with zero attached hydrogens (tertiary/aromatic N) is 1. The highest BCUT2D eigenvalue weighted by Gasteiger charge is 2.53. The molecule has 0 fully saturated rings. The van der Waals surface area contributed by atoms with E-state index in [1.54, 1.807) is 6.20 Å². The van der Waals surface area contributed by atoms with Gasteiger partial charge in [0.05, 0.1) is 5.69 Å². The Kier molecular flexibility index (Phi) is 3.67. The predicted molar refractivity (Wildman–Crippen MR) is 98.7 cm³/mol. The van der Waals surface area contributed by atoms with Crippen molar-refractivity contribution in [2.45, 2.75) is 37.5 Å². The van der Waals surface area contributed by atoms with Crippen LogP contribution in [0.3, 0.4) is 0 Å². The zero-order valence-corrected chi connectivity index (χ0v) is 15.0. The average molecular weight is 383 g/mol. The van der Waals surface area contributed by atoms with Gasteiger partial charge in [-0.15, -0.1) is 0 Å². The number of pyridine rings is 1. The molecule has 0 aliphatic heterocycles. The first-order chi connectivity index (χ1) is 13.4. The Balaban J connectivity index is 1.67. The molecule has 0 spiro atoms. The maximum absolute atomic E-state index is 15.1. The summed E-state index contributed by atoms with van der Waals surface area (Å²) in [7, 11) is 0. The lowest BCUT2D eigenvalue weighted by molar-refractivity contribution is -0.0114. The molecule has 0 radical (unpaired) electrons. The van der Waals surface area contributed by atoms with Crippen LogP contribution in [-0.2, 0) is 24.7 Å². The molecule has 1 aromatic heterocycles. The molecule has 28 heavy (non-hydrogen) atoms. The van der Waals surface area contributed by atoms with Crippen LogP contribution in [0.1, 0.15) is 46.2 Å². The third kappa shape index (κ3) is 2.42. The highest BCUT2D eigenvalue weighted by Crippen LogP contribution is 2.53. The van der Waals surface area contributed by atoms with Gasteiger partial charge in [0.15, 0.2) is 0 Å². The van der Waals surface area contributed by atoms with Gasteiger partial charge in [-0.1, -0.05) is 36.4 Å². The van der Waals surface area contributed by atoms with Crippen LogP contribution >= 0.6 is 0 Å². The quantitative estimate of drug-likeness (QED) is 0.455. The van der Waals surface area contributed by atoms with E-state index >= 15 is 8.78 Å². The van der Waals surface area contributed by atoms with Gasteiger partial charge in [0, 0.05) is 34.0 Å². The van der Waals surface area contributed by atoms with Crippen molar-refractivity contribution in [1.29, 1.82) is 0 Å². The van der Waals surface area contributed by atoms with Gasteiger partial charge < -0.3 is 0 Å². The third-order valence-corrected chi connectivity index (χ3v) is 5.82. The molecule has 1 heterocycles. The molecule has 1 nitrogen and oxygen atoms in total. The number of rotatable bonds is 1. The minimum absolute atomic E-state index is 0.432. The zero-order valence-electron chi connectivity index (χ0n) is 15.0. The second kappa shape index (κ2) is 5.90. The second-order valence-electron chi connectivity index (χ2n) is 7.50. The van der Waals surface area contributed by atoms with Crippen LogP contribution < -0.4 is 0 Å². The van der Waals surface area contributed by atoms with Crippen LogP contribution in [0.2, 0.25) is 0 Å². The maximum atomic E-state index is 15.1. The summed E-state index contributed by atoms with van der Waals surface area (Å²) in [5.74, 6) is -6.95. The molecule has 3 aromatic rings. The first-order valence-electron chi connectivity index (χ1n) is 9.38. The summed E-state index contributed by atoms with van der Waals surface area (Å²) < 4.78 is 60.2. The molecule has 5 rings (SSSR count). The minimum Gasteiger partial charge on any atom is -0.256 e. The van der Waals surface area contributed by atoms with E-state index in [1.807, 2.05) is 6.07 Å². The van der Waals surface area contributed by atoms with Gasteiger partial charge in [0.25, 0.3) is 11.8 Å². The molecule has 0 unspecified atom stereocenters. The maximum Gasteiger partial charge on any atom is 0.299 e. The molecule has 2 aromatic carbocycles. The smallest absolute Gasteiger partial charge is 0.256 e. The summed E-state index contributed by atoms with van der Waals surface area (Å²) in [6.07, 6.45) is 5.88. The third-order valence-electron chi connectivity index (χ3n) is 5.82. The molecule has 0 saturated heterocycles. The highest BCUT2D eigenvalue weighted by molar-refractivity contribution is 5.66. The van der Waals surface area contributed by atoms with E-state index in [0.29, 0.717) is 11.3 Å². The number of benzene rings is 2. The molecule has 0 N–H and O–H groups in total. The van der Waals surface area contributed by atoms with E-state index in [1.165, 1.54) is 29.8 Å². The van der Waals surface area contributed by atoms with Crippen molar-refractivity contribution in [3.8, 4) is 11.3 Å². The number of aromatic nitrogens is 1. The van der Waals surface area contributed by atoms with Gasteiger partial charge in [-0.2, -0.15) is 17.6 Å². The van der Waals surface area contributed by atoms with Crippen molar-refractivity contribution >= 4 is 0 Å². The average Bonchev–Trinajstić information content (AvgIpc) is 2.72. The Bertz CT molecular complexity index is 1090. The standard InChI is InChI=1S/C23H17F4N/c24-22(25)17-7-3-4-8-18(17)23(26,27)20-11-15(9-10-19(20)22)21-12-14-5-1-2-6-16(14)13-28-21/h3-4,7-13H,1-2,5-6H2. The fourth-order valence-corrected chi connectivity index (χ4v) is 4.33. The molecule has 0 atom stereocenters. The van der Waals surface area contributed by atoms with Crippen LogP contribution in [0, 0.1) is 0 Å². The van der Waals surface area contributed by atoms with Gasteiger partial charge in [0.2, 0.25) is 0 Å². The van der Waals surface area contributed by atoms with Crippen LogP contribution in [0.4, 0.5) is 17.6 Å². The topological polar surface area (TPSA) is 12.9 Å². The van der Waals surface area contributed by atoms with Crippen LogP contribution in [-0.4, -0.2) is 4.98 Å². The molecular weight excluding hydrogens is 366 g/mol. The lowest BCUT2D eigenvalue weighted by Gasteiger charge is -2.33. The van der Waals surface area contributed by atoms with E-state index in [9.17, 15) is 8.78 Å². The lowest BCUT2D eigenvalue weighted by Crippen LogP contribution is -2.33. The van der Waals surface area contributed by atoms with Gasteiger partial charge in [-0.05, 0) is 48.9 Å².